The molecular formula is C39H54N6O6. The van der Waals surface area contributed by atoms with Crippen LogP contribution in [-0.4, -0.2) is 73.4 Å². The number of esters is 1. The largest absolute Gasteiger partial charge is 0.481 e. The summed E-state index contributed by atoms with van der Waals surface area (Å²) in [6.07, 6.45) is 8.30. The fraction of sp³-hybridized carbons (Fsp3) is 0.513. The minimum Gasteiger partial charge on any atom is -0.481 e. The van der Waals surface area contributed by atoms with Crippen LogP contribution in [0.5, 0.6) is 0 Å². The summed E-state index contributed by atoms with van der Waals surface area (Å²) in [5.74, 6) is -1.98. The molecule has 0 spiro atoms. The zero-order valence-electron chi connectivity index (χ0n) is 31.0. The van der Waals surface area contributed by atoms with Crippen LogP contribution in [0.1, 0.15) is 82.8 Å². The average Bonchev–Trinajstić information content (AvgIpc) is 3.78. The number of aromatic nitrogens is 1. The van der Waals surface area contributed by atoms with Gasteiger partial charge in [0.15, 0.2) is 0 Å². The van der Waals surface area contributed by atoms with E-state index in [0.29, 0.717) is 37.3 Å². The lowest BCUT2D eigenvalue weighted by molar-refractivity contribution is -0.140. The lowest BCUT2D eigenvalue weighted by Crippen LogP contribution is -2.38. The lowest BCUT2D eigenvalue weighted by Gasteiger charge is -2.25. The Morgan fingerprint density at radius 2 is 1.76 bits per heavy atom. The number of amides is 1. The van der Waals surface area contributed by atoms with Gasteiger partial charge in [-0.3, -0.25) is 14.4 Å². The topological polar surface area (TPSA) is 180 Å². The van der Waals surface area contributed by atoms with Crippen LogP contribution < -0.4 is 27.0 Å². The van der Waals surface area contributed by atoms with Crippen LogP contribution in [0.3, 0.4) is 0 Å². The van der Waals surface area contributed by atoms with Crippen molar-refractivity contribution in [2.24, 2.45) is 17.6 Å². The van der Waals surface area contributed by atoms with Gasteiger partial charge >= 0.3 is 11.9 Å². The molecule has 4 atom stereocenters. The third kappa shape index (κ3) is 7.72. The van der Waals surface area contributed by atoms with Crippen LogP contribution in [0.15, 0.2) is 56.7 Å². The van der Waals surface area contributed by atoms with Crippen LogP contribution in [0.25, 0.3) is 12.2 Å². The molecule has 1 aromatic rings. The first-order valence-electron chi connectivity index (χ1n) is 18.1. The first-order valence-corrected chi connectivity index (χ1v) is 18.1. The Bertz CT molecular complexity index is 1760. The Labute approximate surface area is 300 Å². The number of carboxylic acid groups (broad SMARTS) is 1. The van der Waals surface area contributed by atoms with E-state index in [1.54, 1.807) is 0 Å². The Morgan fingerprint density at radius 1 is 1.02 bits per heavy atom. The van der Waals surface area contributed by atoms with Crippen molar-refractivity contribution in [3.63, 3.8) is 0 Å². The summed E-state index contributed by atoms with van der Waals surface area (Å²) in [6.45, 7) is 14.0. The quantitative estimate of drug-likeness (QED) is 0.117. The average molecular weight is 703 g/mol. The summed E-state index contributed by atoms with van der Waals surface area (Å²) >= 11 is 0. The van der Waals surface area contributed by atoms with Crippen LogP contribution in [0, 0.1) is 18.8 Å². The second-order valence-corrected chi connectivity index (χ2v) is 13.7. The molecule has 5 heterocycles. The van der Waals surface area contributed by atoms with Gasteiger partial charge in [0.25, 0.3) is 0 Å². The van der Waals surface area contributed by atoms with Gasteiger partial charge in [0, 0.05) is 71.1 Å². The zero-order chi connectivity index (χ0) is 37.0. The number of aromatic amines is 1. The molecule has 1 amide bonds. The number of H-pyrrole nitrogens is 1. The molecule has 1 saturated heterocycles. The van der Waals surface area contributed by atoms with Crippen molar-refractivity contribution in [2.45, 2.75) is 85.7 Å². The number of carbonyl (C=O) groups excluding carboxylic acids is 2. The van der Waals surface area contributed by atoms with Crippen molar-refractivity contribution in [3.8, 4) is 0 Å². The molecule has 1 fully saturated rings. The monoisotopic (exact) mass is 702 g/mol. The zero-order valence-corrected chi connectivity index (χ0v) is 31.0. The molecule has 0 aromatic carbocycles. The normalized spacial score (nSPS) is 27.1. The van der Waals surface area contributed by atoms with E-state index in [-0.39, 0.29) is 43.2 Å². The number of methoxy groups -OCH3 is 1. The first kappa shape index (κ1) is 37.7. The maximum absolute atomic E-state index is 14.1. The number of nitrogens with one attached hydrogen (secondary N) is 5. The van der Waals surface area contributed by atoms with Gasteiger partial charge in [-0.15, -0.1) is 0 Å². The third-order valence-corrected chi connectivity index (χ3v) is 10.8. The van der Waals surface area contributed by atoms with Gasteiger partial charge in [-0.05, 0) is 91.7 Å². The molecule has 0 aliphatic carbocycles. The highest BCUT2D eigenvalue weighted by Crippen LogP contribution is 2.43. The molecule has 5 rings (SSSR count). The Hall–Kier alpha value is -4.55. The second kappa shape index (κ2) is 16.2. The molecule has 4 aliphatic heterocycles. The van der Waals surface area contributed by atoms with Gasteiger partial charge in [-0.1, -0.05) is 20.8 Å². The fourth-order valence-electron chi connectivity index (χ4n) is 7.92. The number of hydrogen-bond acceptors (Lipinski definition) is 9. The minimum atomic E-state index is -0.894. The number of hydrogen-bond donors (Lipinski definition) is 7. The molecule has 4 aliphatic rings. The smallest absolute Gasteiger partial charge is 0.309 e. The van der Waals surface area contributed by atoms with Crippen LogP contribution in [0.2, 0.25) is 0 Å². The highest BCUT2D eigenvalue weighted by atomic mass is 16.5. The fourth-order valence-corrected chi connectivity index (χ4v) is 7.92. The molecule has 51 heavy (non-hydrogen) atoms. The van der Waals surface area contributed by atoms with Gasteiger partial charge in [0.1, 0.15) is 0 Å². The van der Waals surface area contributed by atoms with Crippen LogP contribution in [0.4, 0.5) is 0 Å². The summed E-state index contributed by atoms with van der Waals surface area (Å²) < 4.78 is 10.7. The molecule has 0 saturated carbocycles. The second-order valence-electron chi connectivity index (χ2n) is 13.7. The van der Waals surface area contributed by atoms with E-state index in [0.717, 1.165) is 58.2 Å². The number of nitrogens with two attached hydrogens (primary N) is 1. The van der Waals surface area contributed by atoms with E-state index in [1.165, 1.54) is 23.8 Å². The number of aliphatic carboxylic acids is 1. The van der Waals surface area contributed by atoms with E-state index in [2.05, 4.69) is 79.1 Å². The first-order chi connectivity index (χ1) is 24.4. The van der Waals surface area contributed by atoms with Gasteiger partial charge < -0.3 is 46.6 Å². The predicted molar refractivity (Wildman–Crippen MR) is 198 cm³/mol. The molecule has 8 N–H and O–H groups in total. The number of carboxylic acids is 1. The maximum Gasteiger partial charge on any atom is 0.309 e. The summed E-state index contributed by atoms with van der Waals surface area (Å²) in [6, 6.07) is -0.784. The van der Waals surface area contributed by atoms with Crippen molar-refractivity contribution < 1.29 is 29.0 Å². The van der Waals surface area contributed by atoms with Crippen molar-refractivity contribution >= 4 is 30.0 Å². The molecular weight excluding hydrogens is 648 g/mol. The van der Waals surface area contributed by atoms with E-state index in [1.807, 2.05) is 6.92 Å². The van der Waals surface area contributed by atoms with Crippen molar-refractivity contribution in [1.82, 2.24) is 26.3 Å². The van der Waals surface area contributed by atoms with Gasteiger partial charge in [0.2, 0.25) is 5.91 Å². The molecule has 4 unspecified atom stereocenters. The van der Waals surface area contributed by atoms with E-state index in [4.69, 9.17) is 15.2 Å². The van der Waals surface area contributed by atoms with E-state index < -0.39 is 18.0 Å². The maximum atomic E-state index is 14.1. The summed E-state index contributed by atoms with van der Waals surface area (Å²) in [5.41, 5.74) is 17.7. The molecule has 0 radical (unpaired) electrons. The number of allylic oxidation sites excluding steroid dienone is 4. The molecule has 276 valence electrons. The third-order valence-electron chi connectivity index (χ3n) is 10.8. The lowest BCUT2D eigenvalue weighted by atomic mass is 9.83. The van der Waals surface area contributed by atoms with Crippen molar-refractivity contribution in [3.05, 3.63) is 79.2 Å². The summed E-state index contributed by atoms with van der Waals surface area (Å²) in [5, 5.41) is 23.8. The minimum absolute atomic E-state index is 0.0468. The standard InChI is InChI=1S/C39H54N6O6/c1-8-24-20(3)28-17-30-22(5)26(10-11-34(46)47)37(44-30)27(16-35(48)50-7)38-36(39(49)41-13-15-51-14-12-40)23(6)31(45-38)19-33-25(9-2)21(4)29(43-33)18-32(24)42-28/h17-19,22,26,28,38,42-45H,8-16,40H2,1-7H3,(H,41,49)(H,46,47)/b30-17-,31-19-,32-18-,37-27-. The molecule has 12 heteroatoms. The Kier molecular flexibility index (Phi) is 12.0. The van der Waals surface area contributed by atoms with Gasteiger partial charge in [-0.25, -0.2) is 0 Å². The van der Waals surface area contributed by atoms with E-state index in [9.17, 15) is 19.5 Å². The number of rotatable bonds is 13. The number of carbonyl (C=O) groups is 3. The number of fused-ring (bicyclic) bond motifs is 8. The SMILES string of the molecule is CCC1=C(C)C2/C=C3\N/C(=C(/CC(=O)OC)C4N/C(=C\c5[nH]c(c(C)c5CC)/C=C/1N2)C(C)=C4C(=O)NCCOCCN)C(CCC(=O)O)C3C. The highest BCUT2D eigenvalue weighted by molar-refractivity contribution is 5.99. The van der Waals surface area contributed by atoms with Crippen LogP contribution >= 0.6 is 0 Å². The molecule has 8 bridgehead atoms. The summed E-state index contributed by atoms with van der Waals surface area (Å²) in [7, 11) is 1.35. The molecule has 1 aromatic heterocycles. The predicted octanol–water partition coefficient (Wildman–Crippen LogP) is 4.08. The number of ether oxygens (including phenoxy) is 2. The summed E-state index contributed by atoms with van der Waals surface area (Å²) in [4.78, 5) is 42.9. The Morgan fingerprint density at radius 3 is 2.43 bits per heavy atom. The van der Waals surface area contributed by atoms with Crippen molar-refractivity contribution in [1.29, 1.82) is 0 Å². The van der Waals surface area contributed by atoms with Gasteiger partial charge in [-0.2, -0.15) is 0 Å². The van der Waals surface area contributed by atoms with Crippen LogP contribution in [-0.2, 0) is 30.3 Å². The van der Waals surface area contributed by atoms with Crippen molar-refractivity contribution in [2.75, 3.05) is 33.4 Å². The Balaban J connectivity index is 1.76. The van der Waals surface area contributed by atoms with E-state index >= 15 is 0 Å². The van der Waals surface area contributed by atoms with Gasteiger partial charge in [0.05, 0.1) is 38.8 Å². The highest BCUT2D eigenvalue weighted by Gasteiger charge is 2.42. The molecule has 12 nitrogen and oxygen atoms in total.